The first-order valence-corrected chi connectivity index (χ1v) is 5.18. The van der Waals surface area contributed by atoms with Crippen LogP contribution >= 0.6 is 0 Å². The van der Waals surface area contributed by atoms with Crippen LogP contribution < -0.4 is 5.32 Å². The Hall–Kier alpha value is -0.870. The topological polar surface area (TPSA) is 33.1 Å². The van der Waals surface area contributed by atoms with Crippen LogP contribution in [0.1, 0.15) is 12.6 Å². The molecule has 0 amide bonds. The Kier molecular flexibility index (Phi) is 2.84. The van der Waals surface area contributed by atoms with Gasteiger partial charge in [-0.2, -0.15) is 5.10 Å². The van der Waals surface area contributed by atoms with Crippen molar-refractivity contribution in [2.45, 2.75) is 19.5 Å². The quantitative estimate of drug-likeness (QED) is 0.731. The summed E-state index contributed by atoms with van der Waals surface area (Å²) in [6.07, 6.45) is 2.00. The summed E-state index contributed by atoms with van der Waals surface area (Å²) in [6.45, 7) is 6.54. The molecule has 1 fully saturated rings. The van der Waals surface area contributed by atoms with E-state index in [-0.39, 0.29) is 0 Å². The molecular weight excluding hydrogens is 176 g/mol. The number of nitrogens with one attached hydrogen (secondary N) is 1. The van der Waals surface area contributed by atoms with Crippen LogP contribution in [0, 0.1) is 0 Å². The second kappa shape index (κ2) is 4.11. The van der Waals surface area contributed by atoms with Gasteiger partial charge in [-0.1, -0.05) is 0 Å². The predicted octanol–water partition coefficient (Wildman–Crippen LogP) is 0.214. The molecule has 0 aromatic carbocycles. The van der Waals surface area contributed by atoms with Crippen molar-refractivity contribution in [1.82, 2.24) is 20.0 Å². The average molecular weight is 194 g/mol. The molecule has 14 heavy (non-hydrogen) atoms. The Bertz CT molecular complexity index is 294. The summed E-state index contributed by atoms with van der Waals surface area (Å²) < 4.78 is 1.86. The van der Waals surface area contributed by atoms with Crippen molar-refractivity contribution in [2.24, 2.45) is 7.05 Å². The van der Waals surface area contributed by atoms with Gasteiger partial charge in [-0.15, -0.1) is 0 Å². The lowest BCUT2D eigenvalue weighted by Gasteiger charge is -2.31. The molecule has 1 N–H and O–H groups in total. The Morgan fingerprint density at radius 2 is 2.50 bits per heavy atom. The molecule has 1 aliphatic heterocycles. The highest BCUT2D eigenvalue weighted by molar-refractivity contribution is 4.99. The molecule has 1 unspecified atom stereocenters. The summed E-state index contributed by atoms with van der Waals surface area (Å²) in [6, 6.07) is 2.69. The molecule has 1 saturated heterocycles. The molecule has 0 spiro atoms. The molecule has 1 aliphatic rings. The van der Waals surface area contributed by atoms with E-state index in [4.69, 9.17) is 0 Å². The third kappa shape index (κ3) is 2.33. The molecule has 78 valence electrons. The lowest BCUT2D eigenvalue weighted by atomic mass is 10.2. The molecule has 4 nitrogen and oxygen atoms in total. The molecule has 0 saturated carbocycles. The zero-order valence-corrected chi connectivity index (χ0v) is 8.90. The monoisotopic (exact) mass is 194 g/mol. The molecule has 2 rings (SSSR count). The van der Waals surface area contributed by atoms with Crippen molar-refractivity contribution >= 4 is 0 Å². The fraction of sp³-hybridized carbons (Fsp3) is 0.700. The van der Waals surface area contributed by atoms with Crippen molar-refractivity contribution in [3.8, 4) is 0 Å². The molecule has 0 aliphatic carbocycles. The minimum Gasteiger partial charge on any atom is -0.312 e. The minimum atomic E-state index is 0.604. The van der Waals surface area contributed by atoms with Gasteiger partial charge in [0.1, 0.15) is 0 Å². The van der Waals surface area contributed by atoms with E-state index in [0.29, 0.717) is 6.04 Å². The lowest BCUT2D eigenvalue weighted by Crippen LogP contribution is -2.48. The Morgan fingerprint density at radius 3 is 3.14 bits per heavy atom. The molecule has 0 radical (unpaired) electrons. The highest BCUT2D eigenvalue weighted by atomic mass is 15.3. The van der Waals surface area contributed by atoms with Crippen LogP contribution in [0.15, 0.2) is 12.3 Å². The van der Waals surface area contributed by atoms with E-state index in [1.165, 1.54) is 5.69 Å². The van der Waals surface area contributed by atoms with Gasteiger partial charge in [0.25, 0.3) is 0 Å². The third-order valence-electron chi connectivity index (χ3n) is 2.61. The number of rotatable bonds is 2. The smallest absolute Gasteiger partial charge is 0.0764 e. The van der Waals surface area contributed by atoms with E-state index in [1.807, 2.05) is 17.9 Å². The normalized spacial score (nSPS) is 24.0. The Balaban J connectivity index is 1.90. The zero-order valence-electron chi connectivity index (χ0n) is 8.90. The summed E-state index contributed by atoms with van der Waals surface area (Å²) in [5.41, 5.74) is 1.17. The molecule has 1 aromatic rings. The number of aromatic nitrogens is 2. The fourth-order valence-corrected chi connectivity index (χ4v) is 1.93. The van der Waals surface area contributed by atoms with Gasteiger partial charge in [0.05, 0.1) is 5.69 Å². The summed E-state index contributed by atoms with van der Waals surface area (Å²) in [5.74, 6) is 0. The highest BCUT2D eigenvalue weighted by Gasteiger charge is 2.15. The van der Waals surface area contributed by atoms with Crippen molar-refractivity contribution in [3.63, 3.8) is 0 Å². The van der Waals surface area contributed by atoms with Gasteiger partial charge in [0.2, 0.25) is 0 Å². The maximum atomic E-state index is 4.38. The lowest BCUT2D eigenvalue weighted by molar-refractivity contribution is 0.197. The van der Waals surface area contributed by atoms with Crippen LogP contribution in [-0.4, -0.2) is 40.4 Å². The number of piperazine rings is 1. The van der Waals surface area contributed by atoms with Gasteiger partial charge in [-0.05, 0) is 13.0 Å². The average Bonchev–Trinajstić information content (AvgIpc) is 2.51. The second-order valence-corrected chi connectivity index (χ2v) is 4.07. The van der Waals surface area contributed by atoms with E-state index in [1.54, 1.807) is 0 Å². The van der Waals surface area contributed by atoms with Crippen LogP contribution in [0.3, 0.4) is 0 Å². The van der Waals surface area contributed by atoms with Gasteiger partial charge < -0.3 is 5.32 Å². The van der Waals surface area contributed by atoms with Crippen LogP contribution in [0.4, 0.5) is 0 Å². The van der Waals surface area contributed by atoms with E-state index in [0.717, 1.165) is 26.2 Å². The van der Waals surface area contributed by atoms with E-state index >= 15 is 0 Å². The molecule has 1 atom stereocenters. The fourth-order valence-electron chi connectivity index (χ4n) is 1.93. The second-order valence-electron chi connectivity index (χ2n) is 4.07. The molecular formula is C10H18N4. The van der Waals surface area contributed by atoms with Crippen molar-refractivity contribution < 1.29 is 0 Å². The largest absolute Gasteiger partial charge is 0.312 e. The van der Waals surface area contributed by atoms with Crippen molar-refractivity contribution in [1.29, 1.82) is 0 Å². The first kappa shape index (κ1) is 9.68. The summed E-state index contributed by atoms with van der Waals surface area (Å²) >= 11 is 0. The van der Waals surface area contributed by atoms with Crippen LogP contribution in [0.2, 0.25) is 0 Å². The Morgan fingerprint density at radius 1 is 1.64 bits per heavy atom. The van der Waals surface area contributed by atoms with Crippen molar-refractivity contribution in [3.05, 3.63) is 18.0 Å². The van der Waals surface area contributed by atoms with Crippen LogP contribution in [0.25, 0.3) is 0 Å². The molecule has 4 heteroatoms. The van der Waals surface area contributed by atoms with Gasteiger partial charge in [-0.3, -0.25) is 9.58 Å². The maximum Gasteiger partial charge on any atom is 0.0764 e. The molecule has 1 aromatic heterocycles. The first-order valence-electron chi connectivity index (χ1n) is 5.18. The van der Waals surface area contributed by atoms with Crippen LogP contribution in [-0.2, 0) is 13.6 Å². The summed E-state index contributed by atoms with van der Waals surface area (Å²) in [7, 11) is 1.96. The van der Waals surface area contributed by atoms with Gasteiger partial charge in [0, 0.05) is 45.5 Å². The Labute approximate surface area is 84.9 Å². The zero-order chi connectivity index (χ0) is 9.97. The number of aryl methyl sites for hydroxylation is 1. The van der Waals surface area contributed by atoms with Crippen LogP contribution in [0.5, 0.6) is 0 Å². The maximum absolute atomic E-state index is 4.38. The minimum absolute atomic E-state index is 0.604. The number of hydrogen-bond donors (Lipinski definition) is 1. The number of hydrogen-bond acceptors (Lipinski definition) is 3. The SMILES string of the molecule is CC1CN(Cc2ccn(C)n2)CCN1. The standard InChI is InChI=1S/C10H18N4/c1-9-7-14(6-4-11-9)8-10-3-5-13(2)12-10/h3,5,9,11H,4,6-8H2,1-2H3. The van der Waals surface area contributed by atoms with Gasteiger partial charge >= 0.3 is 0 Å². The van der Waals surface area contributed by atoms with Gasteiger partial charge in [-0.25, -0.2) is 0 Å². The van der Waals surface area contributed by atoms with Gasteiger partial charge in [0.15, 0.2) is 0 Å². The highest BCUT2D eigenvalue weighted by Crippen LogP contribution is 2.04. The van der Waals surface area contributed by atoms with E-state index < -0.39 is 0 Å². The van der Waals surface area contributed by atoms with Crippen molar-refractivity contribution in [2.75, 3.05) is 19.6 Å². The third-order valence-corrected chi connectivity index (χ3v) is 2.61. The first-order chi connectivity index (χ1) is 6.74. The summed E-state index contributed by atoms with van der Waals surface area (Å²) in [5, 5.41) is 7.82. The van der Waals surface area contributed by atoms with E-state index in [9.17, 15) is 0 Å². The van der Waals surface area contributed by atoms with E-state index in [2.05, 4.69) is 28.3 Å². The number of nitrogens with zero attached hydrogens (tertiary/aromatic N) is 3. The molecule has 2 heterocycles. The predicted molar refractivity (Wildman–Crippen MR) is 55.9 cm³/mol. The summed E-state index contributed by atoms with van der Waals surface area (Å²) in [4.78, 5) is 2.45. The molecule has 0 bridgehead atoms.